The standard InChI is InChI=1S/C21H21N5O2/c1-11(2)18-17-15(9-16(13-7-8-13)23-21(17)28-25-18)20-24-19(26-27-20)14-5-3-12(10-22)4-6-14/h3-6,9,11,13H,7-8,10,22H2,1-2H3. The molecule has 0 unspecified atom stereocenters. The molecule has 2 N–H and O–H groups in total. The van der Waals surface area contributed by atoms with Crippen LogP contribution in [0.3, 0.4) is 0 Å². The molecular weight excluding hydrogens is 354 g/mol. The Balaban J connectivity index is 1.63. The highest BCUT2D eigenvalue weighted by Gasteiger charge is 2.29. The summed E-state index contributed by atoms with van der Waals surface area (Å²) in [5, 5.41) is 9.29. The predicted molar refractivity (Wildman–Crippen MR) is 104 cm³/mol. The Morgan fingerprint density at radius 3 is 2.54 bits per heavy atom. The number of hydrogen-bond acceptors (Lipinski definition) is 7. The highest BCUT2D eigenvalue weighted by atomic mass is 16.5. The van der Waals surface area contributed by atoms with Crippen molar-refractivity contribution < 1.29 is 9.05 Å². The van der Waals surface area contributed by atoms with Crippen molar-refractivity contribution in [1.82, 2.24) is 20.3 Å². The SMILES string of the molecule is CC(C)c1noc2nc(C3CC3)cc(-c3nc(-c4ccc(CN)cc4)no3)c12. The molecule has 0 amide bonds. The molecule has 3 aromatic heterocycles. The van der Waals surface area contributed by atoms with Crippen molar-refractivity contribution in [1.29, 1.82) is 0 Å². The molecule has 0 atom stereocenters. The number of nitrogens with two attached hydrogens (primary N) is 1. The maximum Gasteiger partial charge on any atom is 0.259 e. The zero-order valence-electron chi connectivity index (χ0n) is 15.8. The topological polar surface area (TPSA) is 104 Å². The zero-order valence-corrected chi connectivity index (χ0v) is 15.8. The van der Waals surface area contributed by atoms with Gasteiger partial charge in [0.2, 0.25) is 5.82 Å². The fourth-order valence-electron chi connectivity index (χ4n) is 3.38. The van der Waals surface area contributed by atoms with Gasteiger partial charge in [-0.05, 0) is 30.4 Å². The minimum atomic E-state index is 0.194. The summed E-state index contributed by atoms with van der Waals surface area (Å²) in [7, 11) is 0. The number of rotatable bonds is 5. The van der Waals surface area contributed by atoms with E-state index >= 15 is 0 Å². The molecule has 0 bridgehead atoms. The molecule has 5 rings (SSSR count). The molecule has 1 aliphatic carbocycles. The van der Waals surface area contributed by atoms with Gasteiger partial charge in [-0.1, -0.05) is 48.4 Å². The third-order valence-electron chi connectivity index (χ3n) is 5.14. The van der Waals surface area contributed by atoms with Gasteiger partial charge in [0, 0.05) is 23.7 Å². The number of aromatic nitrogens is 4. The molecule has 142 valence electrons. The van der Waals surface area contributed by atoms with E-state index in [0.29, 0.717) is 29.9 Å². The Bertz CT molecular complexity index is 1140. The van der Waals surface area contributed by atoms with Crippen LogP contribution < -0.4 is 5.73 Å². The van der Waals surface area contributed by atoms with Gasteiger partial charge in [0.1, 0.15) is 0 Å². The van der Waals surface area contributed by atoms with Crippen LogP contribution in [0.15, 0.2) is 39.4 Å². The van der Waals surface area contributed by atoms with Gasteiger partial charge in [0.05, 0.1) is 16.6 Å². The summed E-state index contributed by atoms with van der Waals surface area (Å²) in [5.41, 5.74) is 10.8. The van der Waals surface area contributed by atoms with Crippen molar-refractivity contribution in [2.45, 2.75) is 45.1 Å². The monoisotopic (exact) mass is 375 g/mol. The van der Waals surface area contributed by atoms with Crippen molar-refractivity contribution in [2.24, 2.45) is 5.73 Å². The molecule has 3 heterocycles. The van der Waals surface area contributed by atoms with Crippen LogP contribution in [0, 0.1) is 0 Å². The van der Waals surface area contributed by atoms with E-state index in [0.717, 1.165) is 46.3 Å². The predicted octanol–water partition coefficient (Wildman–Crippen LogP) is 4.40. The molecule has 28 heavy (non-hydrogen) atoms. The van der Waals surface area contributed by atoms with E-state index < -0.39 is 0 Å². The molecule has 1 saturated carbocycles. The van der Waals surface area contributed by atoms with Crippen LogP contribution in [0.1, 0.15) is 55.5 Å². The molecule has 7 nitrogen and oxygen atoms in total. The Morgan fingerprint density at radius 2 is 1.86 bits per heavy atom. The molecule has 0 saturated heterocycles. The van der Waals surface area contributed by atoms with Crippen LogP contribution in [-0.4, -0.2) is 20.3 Å². The minimum Gasteiger partial charge on any atom is -0.335 e. The zero-order chi connectivity index (χ0) is 19.3. The molecule has 4 aromatic rings. The van der Waals surface area contributed by atoms with Gasteiger partial charge in [-0.2, -0.15) is 4.98 Å². The summed E-state index contributed by atoms with van der Waals surface area (Å²) in [4.78, 5) is 9.33. The first-order valence-corrected chi connectivity index (χ1v) is 9.57. The van der Waals surface area contributed by atoms with Gasteiger partial charge < -0.3 is 14.8 Å². The average Bonchev–Trinajstić information content (AvgIpc) is 3.28. The number of fused-ring (bicyclic) bond motifs is 1. The molecular formula is C21H21N5O2. The Labute approximate surface area is 161 Å². The normalized spacial score (nSPS) is 14.3. The van der Waals surface area contributed by atoms with E-state index in [4.69, 9.17) is 14.8 Å². The molecule has 0 spiro atoms. The summed E-state index contributed by atoms with van der Waals surface area (Å²) >= 11 is 0. The van der Waals surface area contributed by atoms with Crippen LogP contribution in [0.25, 0.3) is 33.9 Å². The molecule has 0 aliphatic heterocycles. The van der Waals surface area contributed by atoms with E-state index in [9.17, 15) is 0 Å². The van der Waals surface area contributed by atoms with Gasteiger partial charge in [-0.15, -0.1) is 0 Å². The Kier molecular flexibility index (Phi) is 3.98. The highest BCUT2D eigenvalue weighted by molar-refractivity contribution is 5.92. The first-order valence-electron chi connectivity index (χ1n) is 9.57. The first kappa shape index (κ1) is 17.1. The van der Waals surface area contributed by atoms with E-state index in [-0.39, 0.29) is 5.92 Å². The van der Waals surface area contributed by atoms with Gasteiger partial charge >= 0.3 is 0 Å². The molecule has 1 aliphatic rings. The van der Waals surface area contributed by atoms with E-state index in [1.807, 2.05) is 24.3 Å². The quantitative estimate of drug-likeness (QED) is 0.551. The fraction of sp³-hybridized carbons (Fsp3) is 0.333. The van der Waals surface area contributed by atoms with Crippen LogP contribution in [0.5, 0.6) is 0 Å². The third-order valence-corrected chi connectivity index (χ3v) is 5.14. The number of pyridine rings is 1. The summed E-state index contributed by atoms with van der Waals surface area (Å²) in [5.74, 6) is 1.66. The van der Waals surface area contributed by atoms with E-state index in [1.165, 1.54) is 0 Å². The second-order valence-electron chi connectivity index (χ2n) is 7.60. The first-order chi connectivity index (χ1) is 13.6. The lowest BCUT2D eigenvalue weighted by atomic mass is 10.0. The summed E-state index contributed by atoms with van der Waals surface area (Å²) < 4.78 is 11.2. The van der Waals surface area contributed by atoms with Crippen molar-refractivity contribution in [3.8, 4) is 22.8 Å². The van der Waals surface area contributed by atoms with Crippen molar-refractivity contribution in [3.05, 3.63) is 47.3 Å². The third kappa shape index (κ3) is 2.88. The van der Waals surface area contributed by atoms with Crippen LogP contribution >= 0.6 is 0 Å². The molecule has 0 radical (unpaired) electrons. The molecule has 1 fully saturated rings. The lowest BCUT2D eigenvalue weighted by molar-refractivity contribution is 0.432. The minimum absolute atomic E-state index is 0.194. The van der Waals surface area contributed by atoms with Crippen LogP contribution in [-0.2, 0) is 6.54 Å². The summed E-state index contributed by atoms with van der Waals surface area (Å²) in [6.07, 6.45) is 2.29. The average molecular weight is 375 g/mol. The smallest absolute Gasteiger partial charge is 0.259 e. The van der Waals surface area contributed by atoms with Gasteiger partial charge in [0.15, 0.2) is 0 Å². The van der Waals surface area contributed by atoms with Crippen LogP contribution in [0.2, 0.25) is 0 Å². The Morgan fingerprint density at radius 1 is 1.07 bits per heavy atom. The maximum atomic E-state index is 5.67. The number of hydrogen-bond donors (Lipinski definition) is 1. The van der Waals surface area contributed by atoms with Crippen molar-refractivity contribution in [3.63, 3.8) is 0 Å². The molecule has 7 heteroatoms. The molecule has 1 aromatic carbocycles. The largest absolute Gasteiger partial charge is 0.335 e. The highest BCUT2D eigenvalue weighted by Crippen LogP contribution is 2.43. The second kappa shape index (κ2) is 6.53. The summed E-state index contributed by atoms with van der Waals surface area (Å²) in [6, 6.07) is 9.90. The van der Waals surface area contributed by atoms with Crippen molar-refractivity contribution >= 4 is 11.1 Å². The number of nitrogens with zero attached hydrogens (tertiary/aromatic N) is 4. The van der Waals surface area contributed by atoms with Gasteiger partial charge in [-0.3, -0.25) is 0 Å². The van der Waals surface area contributed by atoms with E-state index in [2.05, 4.69) is 40.2 Å². The number of benzene rings is 1. The second-order valence-corrected chi connectivity index (χ2v) is 7.60. The van der Waals surface area contributed by atoms with Gasteiger partial charge in [0.25, 0.3) is 11.6 Å². The lowest BCUT2D eigenvalue weighted by Gasteiger charge is -2.04. The fourth-order valence-corrected chi connectivity index (χ4v) is 3.38. The van der Waals surface area contributed by atoms with Gasteiger partial charge in [-0.25, -0.2) is 4.98 Å². The maximum absolute atomic E-state index is 5.67. The Hall–Kier alpha value is -3.06. The van der Waals surface area contributed by atoms with Crippen LogP contribution in [0.4, 0.5) is 0 Å². The lowest BCUT2D eigenvalue weighted by Crippen LogP contribution is -1.95. The van der Waals surface area contributed by atoms with E-state index in [1.54, 1.807) is 0 Å². The summed E-state index contributed by atoms with van der Waals surface area (Å²) in [6.45, 7) is 4.66. The van der Waals surface area contributed by atoms with Crippen molar-refractivity contribution in [2.75, 3.05) is 0 Å².